The molecule has 1 saturated carbocycles. The number of thioether (sulfide) groups is 1. The second-order valence-corrected chi connectivity index (χ2v) is 9.20. The third-order valence-electron chi connectivity index (χ3n) is 5.94. The Labute approximate surface area is 169 Å². The molecule has 0 unspecified atom stereocenters. The largest absolute Gasteiger partial charge is 0.361 e. The number of hydrogen-bond donors (Lipinski definition) is 0. The fourth-order valence-corrected chi connectivity index (χ4v) is 4.96. The van der Waals surface area contributed by atoms with Gasteiger partial charge in [-0.05, 0) is 24.2 Å². The molecule has 3 aliphatic rings. The zero-order valence-corrected chi connectivity index (χ0v) is 17.0. The summed E-state index contributed by atoms with van der Waals surface area (Å²) in [5, 5.41) is 8.86. The quantitative estimate of drug-likeness (QED) is 0.730. The van der Waals surface area contributed by atoms with Crippen LogP contribution in [0.15, 0.2) is 21.5 Å². The van der Waals surface area contributed by atoms with Gasteiger partial charge in [0.05, 0.1) is 17.9 Å². The lowest BCUT2D eigenvalue weighted by Gasteiger charge is -2.34. The van der Waals surface area contributed by atoms with Gasteiger partial charge in [-0.1, -0.05) is 5.16 Å². The predicted octanol–water partition coefficient (Wildman–Crippen LogP) is 1.72. The Bertz CT molecular complexity index is 883. The van der Waals surface area contributed by atoms with Gasteiger partial charge in [0.15, 0.2) is 0 Å². The first kappa shape index (κ1) is 18.4. The normalized spacial score (nSPS) is 21.0. The molecule has 0 aromatic carbocycles. The summed E-state index contributed by atoms with van der Waals surface area (Å²) in [5.41, 5.74) is 3.33. The highest BCUT2D eigenvalue weighted by Crippen LogP contribution is 2.40. The van der Waals surface area contributed by atoms with Crippen LogP contribution in [0.4, 0.5) is 0 Å². The van der Waals surface area contributed by atoms with Gasteiger partial charge >= 0.3 is 0 Å². The van der Waals surface area contributed by atoms with Gasteiger partial charge in [0.25, 0.3) is 5.56 Å². The van der Waals surface area contributed by atoms with Crippen LogP contribution in [0.2, 0.25) is 0 Å². The van der Waals surface area contributed by atoms with Crippen LogP contribution in [-0.2, 0) is 25.3 Å². The molecule has 2 aromatic heterocycles. The molecule has 4 heterocycles. The van der Waals surface area contributed by atoms with E-state index < -0.39 is 0 Å². The highest BCUT2D eigenvalue weighted by molar-refractivity contribution is 7.98. The van der Waals surface area contributed by atoms with Crippen LogP contribution in [0.5, 0.6) is 0 Å². The molecule has 2 aromatic rings. The van der Waals surface area contributed by atoms with E-state index in [4.69, 9.17) is 4.52 Å². The van der Waals surface area contributed by atoms with Crippen LogP contribution in [0.3, 0.4) is 0 Å². The summed E-state index contributed by atoms with van der Waals surface area (Å²) in [6.07, 6.45) is 3.46. The topological polar surface area (TPSA) is 67.4 Å². The van der Waals surface area contributed by atoms with E-state index in [0.717, 1.165) is 79.9 Å². The summed E-state index contributed by atoms with van der Waals surface area (Å²) >= 11 is 1.88. The highest BCUT2D eigenvalue weighted by atomic mass is 32.2. The average molecular weight is 402 g/mol. The minimum atomic E-state index is 0.0392. The Morgan fingerprint density at radius 3 is 2.75 bits per heavy atom. The van der Waals surface area contributed by atoms with Crippen molar-refractivity contribution in [3.05, 3.63) is 45.2 Å². The smallest absolute Gasteiger partial charge is 0.267 e. The van der Waals surface area contributed by atoms with E-state index in [0.29, 0.717) is 12.5 Å². The van der Waals surface area contributed by atoms with Crippen molar-refractivity contribution >= 4 is 11.8 Å². The Morgan fingerprint density at radius 1 is 1.11 bits per heavy atom. The monoisotopic (exact) mass is 401 g/mol. The molecule has 0 amide bonds. The molecule has 5 rings (SSSR count). The molecular formula is C20H27N5O2S. The van der Waals surface area contributed by atoms with E-state index >= 15 is 0 Å². The molecule has 1 saturated heterocycles. The minimum Gasteiger partial charge on any atom is -0.361 e. The van der Waals surface area contributed by atoms with Gasteiger partial charge in [0.1, 0.15) is 5.76 Å². The van der Waals surface area contributed by atoms with Gasteiger partial charge in [0.2, 0.25) is 0 Å². The van der Waals surface area contributed by atoms with E-state index in [9.17, 15) is 4.79 Å². The Balaban J connectivity index is 1.11. The molecule has 2 aliphatic heterocycles. The van der Waals surface area contributed by atoms with Crippen LogP contribution in [-0.4, -0.2) is 63.2 Å². The Kier molecular flexibility index (Phi) is 5.26. The van der Waals surface area contributed by atoms with Gasteiger partial charge in [-0.25, -0.2) is 4.68 Å². The van der Waals surface area contributed by atoms with E-state index in [1.54, 1.807) is 10.7 Å². The molecule has 7 nitrogen and oxygen atoms in total. The van der Waals surface area contributed by atoms with Crippen LogP contribution in [0.1, 0.15) is 41.5 Å². The van der Waals surface area contributed by atoms with Gasteiger partial charge in [0, 0.05) is 69.5 Å². The van der Waals surface area contributed by atoms with Crippen LogP contribution >= 0.6 is 11.8 Å². The molecule has 150 valence electrons. The lowest BCUT2D eigenvalue weighted by molar-refractivity contribution is 0.120. The highest BCUT2D eigenvalue weighted by Gasteiger charge is 2.28. The molecule has 0 spiro atoms. The van der Waals surface area contributed by atoms with Crippen molar-refractivity contribution in [3.63, 3.8) is 0 Å². The average Bonchev–Trinajstić information content (AvgIpc) is 3.47. The zero-order valence-electron chi connectivity index (χ0n) is 16.2. The maximum Gasteiger partial charge on any atom is 0.267 e. The summed E-state index contributed by atoms with van der Waals surface area (Å²) in [6, 6.07) is 3.93. The van der Waals surface area contributed by atoms with E-state index in [1.165, 1.54) is 12.8 Å². The van der Waals surface area contributed by atoms with Crippen molar-refractivity contribution in [2.45, 2.75) is 44.0 Å². The third-order valence-corrected chi connectivity index (χ3v) is 6.95. The first-order chi connectivity index (χ1) is 13.7. The standard InChI is InChI=1S/C20H27N5O2S/c26-20-11-16-14-28-10-3-18(16)21-25(20)9-8-23-4-6-24(7-5-23)13-17-12-19(27-22-17)15-1-2-15/h11-12,15H,1-10,13-14H2. The molecule has 1 aliphatic carbocycles. The molecule has 2 fully saturated rings. The molecule has 0 radical (unpaired) electrons. The van der Waals surface area contributed by atoms with Gasteiger partial charge in [-0.2, -0.15) is 16.9 Å². The Hall–Kier alpha value is -1.64. The number of aryl methyl sites for hydroxylation is 1. The summed E-state index contributed by atoms with van der Waals surface area (Å²) in [5.74, 6) is 3.72. The molecule has 0 N–H and O–H groups in total. The second-order valence-electron chi connectivity index (χ2n) is 8.09. The third kappa shape index (κ3) is 4.18. The number of fused-ring (bicyclic) bond motifs is 1. The minimum absolute atomic E-state index is 0.0392. The van der Waals surface area contributed by atoms with Crippen LogP contribution in [0.25, 0.3) is 0 Å². The summed E-state index contributed by atoms with van der Waals surface area (Å²) in [6.45, 7) is 6.50. The summed E-state index contributed by atoms with van der Waals surface area (Å²) in [7, 11) is 0. The molecule has 0 bridgehead atoms. The van der Waals surface area contributed by atoms with Crippen molar-refractivity contribution in [1.29, 1.82) is 0 Å². The maximum atomic E-state index is 12.3. The number of hydrogen-bond acceptors (Lipinski definition) is 7. The van der Waals surface area contributed by atoms with Crippen molar-refractivity contribution in [1.82, 2.24) is 24.7 Å². The molecular weight excluding hydrogens is 374 g/mol. The summed E-state index contributed by atoms with van der Waals surface area (Å²) in [4.78, 5) is 17.2. The van der Waals surface area contributed by atoms with Crippen molar-refractivity contribution in [2.24, 2.45) is 0 Å². The van der Waals surface area contributed by atoms with Crippen LogP contribution in [0, 0.1) is 0 Å². The lowest BCUT2D eigenvalue weighted by Crippen LogP contribution is -2.47. The number of nitrogens with zero attached hydrogens (tertiary/aromatic N) is 5. The Morgan fingerprint density at radius 2 is 1.93 bits per heavy atom. The number of aromatic nitrogens is 3. The van der Waals surface area contributed by atoms with E-state index in [1.807, 2.05) is 11.8 Å². The van der Waals surface area contributed by atoms with Gasteiger partial charge < -0.3 is 4.52 Å². The zero-order chi connectivity index (χ0) is 18.9. The van der Waals surface area contributed by atoms with Crippen LogP contribution < -0.4 is 5.56 Å². The van der Waals surface area contributed by atoms with Crippen molar-refractivity contribution in [3.8, 4) is 0 Å². The predicted molar refractivity (Wildman–Crippen MR) is 109 cm³/mol. The molecule has 0 atom stereocenters. The van der Waals surface area contributed by atoms with E-state index in [-0.39, 0.29) is 5.56 Å². The second kappa shape index (κ2) is 8.00. The maximum absolute atomic E-state index is 12.3. The van der Waals surface area contributed by atoms with Gasteiger partial charge in [-0.3, -0.25) is 14.6 Å². The SMILES string of the molecule is O=c1cc2c(nn1CCN1CCN(Cc3cc(C4CC4)on3)CC1)CCSC2. The van der Waals surface area contributed by atoms with E-state index in [2.05, 4.69) is 26.1 Å². The summed E-state index contributed by atoms with van der Waals surface area (Å²) < 4.78 is 7.12. The number of piperazine rings is 1. The lowest BCUT2D eigenvalue weighted by atomic mass is 10.2. The number of rotatable bonds is 6. The first-order valence-corrected chi connectivity index (χ1v) is 11.5. The fraction of sp³-hybridized carbons (Fsp3) is 0.650. The van der Waals surface area contributed by atoms with Crippen molar-refractivity contribution in [2.75, 3.05) is 38.5 Å². The molecule has 28 heavy (non-hydrogen) atoms. The van der Waals surface area contributed by atoms with Crippen molar-refractivity contribution < 1.29 is 4.52 Å². The first-order valence-electron chi connectivity index (χ1n) is 10.3. The molecule has 8 heteroatoms. The van der Waals surface area contributed by atoms with Gasteiger partial charge in [-0.15, -0.1) is 0 Å². The fourth-order valence-electron chi connectivity index (χ4n) is 4.01.